The minimum absolute atomic E-state index is 0.210. The summed E-state index contributed by atoms with van der Waals surface area (Å²) in [5.74, 6) is 2.10. The van der Waals surface area contributed by atoms with Crippen molar-refractivity contribution in [1.82, 2.24) is 0 Å². The maximum absolute atomic E-state index is 13.1. The molecule has 36 heavy (non-hydrogen) atoms. The van der Waals surface area contributed by atoms with Crippen LogP contribution < -0.4 is 34.4 Å². The lowest BCUT2D eigenvalue weighted by Gasteiger charge is -2.12. The van der Waals surface area contributed by atoms with Crippen molar-refractivity contribution in [2.45, 2.75) is 0 Å². The van der Waals surface area contributed by atoms with Gasteiger partial charge in [0.2, 0.25) is 0 Å². The van der Waals surface area contributed by atoms with E-state index in [0.717, 1.165) is 0 Å². The first-order valence-corrected chi connectivity index (χ1v) is 10.9. The normalized spacial score (nSPS) is 10.6. The Kier molecular flexibility index (Phi) is 7.29. The molecular formula is C27H25NO8. The van der Waals surface area contributed by atoms with E-state index in [4.69, 9.17) is 28.1 Å². The fourth-order valence-electron chi connectivity index (χ4n) is 3.65. The largest absolute Gasteiger partial charge is 0.497 e. The Morgan fingerprint density at radius 2 is 1.53 bits per heavy atom. The van der Waals surface area contributed by atoms with Gasteiger partial charge in [-0.3, -0.25) is 9.59 Å². The van der Waals surface area contributed by atoms with Crippen LogP contribution in [0.5, 0.6) is 28.7 Å². The first kappa shape index (κ1) is 24.5. The zero-order valence-electron chi connectivity index (χ0n) is 20.2. The van der Waals surface area contributed by atoms with E-state index in [2.05, 4.69) is 5.32 Å². The summed E-state index contributed by atoms with van der Waals surface area (Å²) in [7, 11) is 6.11. The number of carbonyl (C=O) groups is 1. The summed E-state index contributed by atoms with van der Waals surface area (Å²) in [6, 6.07) is 15.0. The van der Waals surface area contributed by atoms with E-state index >= 15 is 0 Å². The van der Waals surface area contributed by atoms with Crippen LogP contribution in [0.4, 0.5) is 5.69 Å². The maximum atomic E-state index is 13.1. The topological polar surface area (TPSA) is 105 Å². The molecule has 0 radical (unpaired) electrons. The quantitative estimate of drug-likeness (QED) is 0.365. The molecule has 9 heteroatoms. The predicted molar refractivity (Wildman–Crippen MR) is 135 cm³/mol. The summed E-state index contributed by atoms with van der Waals surface area (Å²) >= 11 is 0. The van der Waals surface area contributed by atoms with Crippen molar-refractivity contribution in [2.24, 2.45) is 0 Å². The fraction of sp³-hybridized carbons (Fsp3) is 0.185. The highest BCUT2D eigenvalue weighted by Crippen LogP contribution is 2.32. The SMILES string of the molecule is COc1ccc(OC)c(NC(=O)COc2ccc3c(=O)c(-c4ccc(OC)c(OC)c4)coc3c2)c1. The zero-order chi connectivity index (χ0) is 25.7. The summed E-state index contributed by atoms with van der Waals surface area (Å²) in [5, 5.41) is 3.11. The lowest BCUT2D eigenvalue weighted by Crippen LogP contribution is -2.20. The molecule has 0 saturated heterocycles. The minimum atomic E-state index is -0.396. The van der Waals surface area contributed by atoms with Crippen molar-refractivity contribution < 1.29 is 32.9 Å². The van der Waals surface area contributed by atoms with Crippen LogP contribution >= 0.6 is 0 Å². The van der Waals surface area contributed by atoms with Crippen LogP contribution in [0, 0.1) is 0 Å². The second kappa shape index (κ2) is 10.7. The third-order valence-electron chi connectivity index (χ3n) is 5.49. The summed E-state index contributed by atoms with van der Waals surface area (Å²) in [6.07, 6.45) is 1.39. The summed E-state index contributed by atoms with van der Waals surface area (Å²) < 4.78 is 32.4. The van der Waals surface area contributed by atoms with Gasteiger partial charge >= 0.3 is 0 Å². The number of benzene rings is 3. The van der Waals surface area contributed by atoms with Crippen molar-refractivity contribution in [3.8, 4) is 39.9 Å². The molecule has 1 N–H and O–H groups in total. The number of nitrogens with one attached hydrogen (secondary N) is 1. The maximum Gasteiger partial charge on any atom is 0.262 e. The summed E-state index contributed by atoms with van der Waals surface area (Å²) in [4.78, 5) is 25.6. The van der Waals surface area contributed by atoms with Gasteiger partial charge in [0.15, 0.2) is 23.5 Å². The first-order chi connectivity index (χ1) is 17.5. The van der Waals surface area contributed by atoms with Crippen molar-refractivity contribution in [3.63, 3.8) is 0 Å². The Morgan fingerprint density at radius 1 is 0.806 bits per heavy atom. The molecule has 0 unspecified atom stereocenters. The molecule has 1 heterocycles. The standard InChI is InChI=1S/C27H25NO8/c1-31-17-7-10-22(32-2)21(12-17)28-26(29)15-35-18-6-8-19-24(13-18)36-14-20(27(19)30)16-5-9-23(33-3)25(11-16)34-4/h5-14H,15H2,1-4H3,(H,28,29). The average molecular weight is 491 g/mol. The average Bonchev–Trinajstić information content (AvgIpc) is 2.91. The van der Waals surface area contributed by atoms with Gasteiger partial charge in [0, 0.05) is 12.1 Å². The Balaban J connectivity index is 1.51. The third-order valence-corrected chi connectivity index (χ3v) is 5.49. The number of hydrogen-bond acceptors (Lipinski definition) is 8. The molecule has 0 aliphatic rings. The Bertz CT molecular complexity index is 1460. The molecule has 0 atom stereocenters. The Labute approximate surface area is 207 Å². The molecular weight excluding hydrogens is 466 g/mol. The Morgan fingerprint density at radius 3 is 2.25 bits per heavy atom. The van der Waals surface area contributed by atoms with Gasteiger partial charge in [0.1, 0.15) is 29.1 Å². The van der Waals surface area contributed by atoms with Crippen LogP contribution in [0.2, 0.25) is 0 Å². The lowest BCUT2D eigenvalue weighted by atomic mass is 10.0. The van der Waals surface area contributed by atoms with Gasteiger partial charge in [0.25, 0.3) is 5.91 Å². The molecule has 1 amide bonds. The highest BCUT2D eigenvalue weighted by Gasteiger charge is 2.14. The molecule has 0 aliphatic heterocycles. The predicted octanol–water partition coefficient (Wildman–Crippen LogP) is 4.51. The molecule has 186 valence electrons. The summed E-state index contributed by atoms with van der Waals surface area (Å²) in [5.41, 5.74) is 1.59. The minimum Gasteiger partial charge on any atom is -0.497 e. The molecule has 4 rings (SSSR count). The van der Waals surface area contributed by atoms with Gasteiger partial charge in [-0.05, 0) is 42.0 Å². The van der Waals surface area contributed by atoms with Crippen LogP contribution in [0.15, 0.2) is 70.1 Å². The van der Waals surface area contributed by atoms with Crippen LogP contribution in [0.1, 0.15) is 0 Å². The number of ether oxygens (including phenoxy) is 5. The van der Waals surface area contributed by atoms with E-state index in [9.17, 15) is 9.59 Å². The van der Waals surface area contributed by atoms with Crippen molar-refractivity contribution in [1.29, 1.82) is 0 Å². The number of methoxy groups -OCH3 is 4. The van der Waals surface area contributed by atoms with Crippen molar-refractivity contribution >= 4 is 22.6 Å². The van der Waals surface area contributed by atoms with Gasteiger partial charge in [-0.1, -0.05) is 6.07 Å². The second-order valence-corrected chi connectivity index (χ2v) is 7.61. The molecule has 1 aromatic heterocycles. The first-order valence-electron chi connectivity index (χ1n) is 10.9. The van der Waals surface area contributed by atoms with E-state index in [0.29, 0.717) is 56.5 Å². The number of hydrogen-bond donors (Lipinski definition) is 1. The highest BCUT2D eigenvalue weighted by atomic mass is 16.5. The van der Waals surface area contributed by atoms with Crippen molar-refractivity contribution in [3.05, 3.63) is 71.1 Å². The van der Waals surface area contributed by atoms with Crippen LogP contribution in [-0.2, 0) is 4.79 Å². The van der Waals surface area contributed by atoms with Gasteiger partial charge < -0.3 is 33.4 Å². The van der Waals surface area contributed by atoms with Crippen molar-refractivity contribution in [2.75, 3.05) is 40.4 Å². The van der Waals surface area contributed by atoms with E-state index in [1.165, 1.54) is 27.6 Å². The van der Waals surface area contributed by atoms with Gasteiger partial charge in [-0.25, -0.2) is 0 Å². The third kappa shape index (κ3) is 5.05. The smallest absolute Gasteiger partial charge is 0.262 e. The van der Waals surface area contributed by atoms with E-state index in [1.807, 2.05) is 0 Å². The van der Waals surface area contributed by atoms with Crippen LogP contribution in [0.25, 0.3) is 22.1 Å². The lowest BCUT2D eigenvalue weighted by molar-refractivity contribution is -0.118. The number of anilines is 1. The number of amides is 1. The zero-order valence-corrected chi connectivity index (χ0v) is 20.2. The highest BCUT2D eigenvalue weighted by molar-refractivity contribution is 5.93. The second-order valence-electron chi connectivity index (χ2n) is 7.61. The van der Waals surface area contributed by atoms with Gasteiger partial charge in [-0.2, -0.15) is 0 Å². The molecule has 4 aromatic rings. The monoisotopic (exact) mass is 491 g/mol. The molecule has 9 nitrogen and oxygen atoms in total. The molecule has 3 aromatic carbocycles. The van der Waals surface area contributed by atoms with E-state index in [-0.39, 0.29) is 12.0 Å². The van der Waals surface area contributed by atoms with Gasteiger partial charge in [0.05, 0.1) is 45.1 Å². The number of rotatable bonds is 9. The van der Waals surface area contributed by atoms with E-state index < -0.39 is 5.91 Å². The fourth-order valence-corrected chi connectivity index (χ4v) is 3.65. The molecule has 0 fully saturated rings. The molecule has 0 bridgehead atoms. The molecule has 0 saturated carbocycles. The number of carbonyl (C=O) groups excluding carboxylic acids is 1. The van der Waals surface area contributed by atoms with Gasteiger partial charge in [-0.15, -0.1) is 0 Å². The molecule has 0 aliphatic carbocycles. The summed E-state index contributed by atoms with van der Waals surface area (Å²) in [6.45, 7) is -0.264. The number of fused-ring (bicyclic) bond motifs is 1. The Hall–Kier alpha value is -4.66. The molecule has 0 spiro atoms. The van der Waals surface area contributed by atoms with E-state index in [1.54, 1.807) is 61.7 Å². The van der Waals surface area contributed by atoms with Crippen LogP contribution in [0.3, 0.4) is 0 Å². The van der Waals surface area contributed by atoms with Crippen LogP contribution in [-0.4, -0.2) is 41.0 Å².